The number of hydrogen-bond acceptors (Lipinski definition) is 5. The van der Waals surface area contributed by atoms with Gasteiger partial charge in [-0.05, 0) is 41.8 Å². The van der Waals surface area contributed by atoms with Crippen molar-refractivity contribution in [2.24, 2.45) is 0 Å². The molecule has 3 aromatic rings. The largest absolute Gasteiger partial charge is 0.277 e. The van der Waals surface area contributed by atoms with Gasteiger partial charge in [0.1, 0.15) is 20.7 Å². The van der Waals surface area contributed by atoms with Crippen LogP contribution < -0.4 is 9.44 Å². The van der Waals surface area contributed by atoms with Gasteiger partial charge in [-0.3, -0.25) is 9.44 Å². The molecule has 0 saturated heterocycles. The first kappa shape index (κ1) is 21.8. The van der Waals surface area contributed by atoms with Gasteiger partial charge in [0.05, 0.1) is 21.4 Å². The van der Waals surface area contributed by atoms with E-state index in [1.165, 1.54) is 12.1 Å². The Balaban J connectivity index is 2.05. The number of anilines is 2. The summed E-state index contributed by atoms with van der Waals surface area (Å²) in [4.78, 5) is -0.962. The zero-order valence-corrected chi connectivity index (χ0v) is 17.9. The molecule has 0 atom stereocenters. The normalized spacial score (nSPS) is 12.0. The number of halogens is 4. The predicted octanol–water partition coefficient (Wildman–Crippen LogP) is 4.93. The van der Waals surface area contributed by atoms with Gasteiger partial charge in [0, 0.05) is 0 Å². The second-order valence-electron chi connectivity index (χ2n) is 5.53. The predicted molar refractivity (Wildman–Crippen MR) is 109 cm³/mol. The molecule has 2 aromatic carbocycles. The lowest BCUT2D eigenvalue weighted by Crippen LogP contribution is -2.18. The second kappa shape index (κ2) is 8.07. The Bertz CT molecular complexity index is 1280. The molecule has 0 aliphatic rings. The highest BCUT2D eigenvalue weighted by Gasteiger charge is 2.24. The summed E-state index contributed by atoms with van der Waals surface area (Å²) in [5, 5.41) is 1.39. The molecule has 0 aliphatic heterocycles. The fraction of sp³-hybridized carbons (Fsp3) is 0. The highest BCUT2D eigenvalue weighted by atomic mass is 35.5. The zero-order chi connectivity index (χ0) is 21.4. The Morgan fingerprint density at radius 1 is 0.828 bits per heavy atom. The van der Waals surface area contributed by atoms with Gasteiger partial charge in [-0.25, -0.2) is 25.6 Å². The molecule has 29 heavy (non-hydrogen) atoms. The van der Waals surface area contributed by atoms with Crippen molar-refractivity contribution in [1.82, 2.24) is 0 Å². The minimum absolute atomic E-state index is 0.0337. The minimum Gasteiger partial charge on any atom is -0.277 e. The van der Waals surface area contributed by atoms with E-state index in [4.69, 9.17) is 23.2 Å². The van der Waals surface area contributed by atoms with Gasteiger partial charge in [-0.2, -0.15) is 0 Å². The maximum absolute atomic E-state index is 13.9. The van der Waals surface area contributed by atoms with Gasteiger partial charge in [0.25, 0.3) is 20.0 Å². The molecule has 1 aromatic heterocycles. The molecule has 0 fully saturated rings. The van der Waals surface area contributed by atoms with Crippen molar-refractivity contribution in [3.8, 4) is 0 Å². The van der Waals surface area contributed by atoms with Gasteiger partial charge in [0.2, 0.25) is 0 Å². The molecule has 154 valence electrons. The molecular weight excluding hydrogens is 489 g/mol. The Morgan fingerprint density at radius 2 is 1.41 bits per heavy atom. The Labute approximate surface area is 179 Å². The first-order valence-electron chi connectivity index (χ1n) is 7.53. The number of hydrogen-bond donors (Lipinski definition) is 2. The quantitative estimate of drug-likeness (QED) is 0.503. The molecule has 0 unspecified atom stereocenters. The lowest BCUT2D eigenvalue weighted by Gasteiger charge is -2.15. The molecule has 0 spiro atoms. The maximum atomic E-state index is 13.9. The molecule has 13 heteroatoms. The molecule has 0 bridgehead atoms. The SMILES string of the molecule is O=S(=O)(Nc1cc(Cl)c(Cl)cc1NS(=O)(=O)c1cc(F)ccc1F)c1cccs1. The van der Waals surface area contributed by atoms with E-state index < -0.39 is 36.6 Å². The summed E-state index contributed by atoms with van der Waals surface area (Å²) in [6, 6.07) is 6.90. The summed E-state index contributed by atoms with van der Waals surface area (Å²) in [5.74, 6) is -2.17. The molecule has 0 saturated carbocycles. The van der Waals surface area contributed by atoms with Crippen molar-refractivity contribution in [1.29, 1.82) is 0 Å². The van der Waals surface area contributed by atoms with E-state index in [-0.39, 0.29) is 25.6 Å². The van der Waals surface area contributed by atoms with Crippen molar-refractivity contribution in [3.63, 3.8) is 0 Å². The highest BCUT2D eigenvalue weighted by Crippen LogP contribution is 2.35. The summed E-state index contributed by atoms with van der Waals surface area (Å²) in [5.41, 5.74) is -0.587. The van der Waals surface area contributed by atoms with Crippen LogP contribution in [0.3, 0.4) is 0 Å². The van der Waals surface area contributed by atoms with Gasteiger partial charge in [-0.1, -0.05) is 29.3 Å². The van der Waals surface area contributed by atoms with Gasteiger partial charge >= 0.3 is 0 Å². The molecule has 0 amide bonds. The van der Waals surface area contributed by atoms with E-state index in [0.717, 1.165) is 29.5 Å². The van der Waals surface area contributed by atoms with Crippen LogP contribution in [-0.2, 0) is 20.0 Å². The van der Waals surface area contributed by atoms with Gasteiger partial charge in [0.15, 0.2) is 0 Å². The van der Waals surface area contributed by atoms with E-state index in [1.54, 1.807) is 5.38 Å². The number of benzene rings is 2. The molecule has 6 nitrogen and oxygen atoms in total. The first-order valence-corrected chi connectivity index (χ1v) is 12.1. The Hall–Kier alpha value is -1.92. The topological polar surface area (TPSA) is 92.3 Å². The number of sulfonamides is 2. The molecule has 0 radical (unpaired) electrons. The zero-order valence-electron chi connectivity index (χ0n) is 14.0. The van der Waals surface area contributed by atoms with Gasteiger partial charge in [-0.15, -0.1) is 11.3 Å². The second-order valence-corrected chi connectivity index (χ2v) is 10.9. The van der Waals surface area contributed by atoms with E-state index in [1.807, 2.05) is 4.72 Å². The van der Waals surface area contributed by atoms with Crippen molar-refractivity contribution < 1.29 is 25.6 Å². The van der Waals surface area contributed by atoms with Crippen LogP contribution in [-0.4, -0.2) is 16.8 Å². The summed E-state index contributed by atoms with van der Waals surface area (Å²) in [7, 11) is -8.69. The summed E-state index contributed by atoms with van der Waals surface area (Å²) in [6.45, 7) is 0. The minimum atomic E-state index is -4.63. The monoisotopic (exact) mass is 498 g/mol. The van der Waals surface area contributed by atoms with Crippen LogP contribution in [0.15, 0.2) is 56.9 Å². The first-order chi connectivity index (χ1) is 13.5. The van der Waals surface area contributed by atoms with Crippen LogP contribution in [0.25, 0.3) is 0 Å². The fourth-order valence-electron chi connectivity index (χ4n) is 2.21. The Kier molecular flexibility index (Phi) is 6.06. The van der Waals surface area contributed by atoms with Crippen molar-refractivity contribution in [3.05, 3.63) is 69.5 Å². The van der Waals surface area contributed by atoms with Crippen LogP contribution in [0.2, 0.25) is 10.0 Å². The smallest absolute Gasteiger partial charge is 0.271 e. The van der Waals surface area contributed by atoms with Gasteiger partial charge < -0.3 is 0 Å². The van der Waals surface area contributed by atoms with E-state index in [2.05, 4.69) is 4.72 Å². The standard InChI is InChI=1S/C16H10Cl2F2N2O4S3/c17-10-7-13(21-28(23,24)15-6-9(19)3-4-12(15)20)14(8-11(10)18)22-29(25,26)16-2-1-5-27-16/h1-8,21-22H. The van der Waals surface area contributed by atoms with Crippen LogP contribution >= 0.6 is 34.5 Å². The molecule has 2 N–H and O–H groups in total. The van der Waals surface area contributed by atoms with Crippen LogP contribution in [0.5, 0.6) is 0 Å². The number of thiophene rings is 1. The lowest BCUT2D eigenvalue weighted by molar-refractivity contribution is 0.555. The van der Waals surface area contributed by atoms with Crippen LogP contribution in [0.1, 0.15) is 0 Å². The van der Waals surface area contributed by atoms with E-state index in [0.29, 0.717) is 12.1 Å². The molecule has 0 aliphatic carbocycles. The van der Waals surface area contributed by atoms with Crippen molar-refractivity contribution in [2.45, 2.75) is 9.10 Å². The molecule has 1 heterocycles. The fourth-order valence-corrected chi connectivity index (χ4v) is 5.76. The van der Waals surface area contributed by atoms with Crippen molar-refractivity contribution >= 4 is 66.0 Å². The average Bonchev–Trinajstić information content (AvgIpc) is 3.16. The van der Waals surface area contributed by atoms with Crippen LogP contribution in [0, 0.1) is 11.6 Å². The van der Waals surface area contributed by atoms with E-state index >= 15 is 0 Å². The summed E-state index contributed by atoms with van der Waals surface area (Å²) in [6.07, 6.45) is 0. The van der Waals surface area contributed by atoms with Crippen molar-refractivity contribution in [2.75, 3.05) is 9.44 Å². The Morgan fingerprint density at radius 3 is 1.97 bits per heavy atom. The summed E-state index contributed by atoms with van der Waals surface area (Å²) < 4.78 is 81.6. The number of rotatable bonds is 6. The third-order valence-corrected chi connectivity index (χ3v) is 8.36. The lowest BCUT2D eigenvalue weighted by atomic mass is 10.3. The molecular formula is C16H10Cl2F2N2O4S3. The summed E-state index contributed by atoms with van der Waals surface area (Å²) >= 11 is 12.8. The third kappa shape index (κ3) is 4.81. The number of nitrogens with one attached hydrogen (secondary N) is 2. The highest BCUT2D eigenvalue weighted by molar-refractivity contribution is 7.94. The molecule has 3 rings (SSSR count). The third-order valence-electron chi connectivity index (χ3n) is 3.49. The average molecular weight is 499 g/mol. The maximum Gasteiger partial charge on any atom is 0.271 e. The van der Waals surface area contributed by atoms with Crippen LogP contribution in [0.4, 0.5) is 20.2 Å². The van der Waals surface area contributed by atoms with E-state index in [9.17, 15) is 25.6 Å².